The summed E-state index contributed by atoms with van der Waals surface area (Å²) in [7, 11) is 0. The number of hydrogen-bond donors (Lipinski definition) is 1. The number of fused-ring (bicyclic) bond motifs is 1. The van der Waals surface area contributed by atoms with Gasteiger partial charge < -0.3 is 10.1 Å². The number of rotatable bonds is 7. The molecule has 33 heavy (non-hydrogen) atoms. The Morgan fingerprint density at radius 2 is 1.85 bits per heavy atom. The first-order valence-corrected chi connectivity index (χ1v) is 12.8. The molecule has 178 valence electrons. The van der Waals surface area contributed by atoms with Gasteiger partial charge in [-0.2, -0.15) is 0 Å². The van der Waals surface area contributed by atoms with Crippen LogP contribution in [0.2, 0.25) is 0 Å². The van der Waals surface area contributed by atoms with Crippen LogP contribution in [0.1, 0.15) is 53.6 Å². The number of anilines is 1. The van der Waals surface area contributed by atoms with E-state index in [0.717, 1.165) is 49.6 Å². The van der Waals surface area contributed by atoms with Crippen LogP contribution in [-0.4, -0.2) is 54.5 Å². The number of carbonyl (C=O) groups is 2. The minimum absolute atomic E-state index is 0.0541. The van der Waals surface area contributed by atoms with E-state index in [1.807, 2.05) is 13.0 Å². The molecule has 1 amide bonds. The second kappa shape index (κ2) is 10.8. The normalized spacial score (nSPS) is 21.4. The van der Waals surface area contributed by atoms with Crippen molar-refractivity contribution in [2.45, 2.75) is 46.7 Å². The highest BCUT2D eigenvalue weighted by Crippen LogP contribution is 2.38. The lowest BCUT2D eigenvalue weighted by Crippen LogP contribution is -2.42. The summed E-state index contributed by atoms with van der Waals surface area (Å²) < 4.78 is 5.37. The summed E-state index contributed by atoms with van der Waals surface area (Å²) in [5.74, 6) is 0.811. The van der Waals surface area contributed by atoms with Crippen LogP contribution in [0.15, 0.2) is 30.3 Å². The molecule has 3 heterocycles. The molecule has 0 unspecified atom stereocenters. The van der Waals surface area contributed by atoms with Gasteiger partial charge in [-0.3, -0.25) is 14.6 Å². The van der Waals surface area contributed by atoms with E-state index in [9.17, 15) is 9.59 Å². The summed E-state index contributed by atoms with van der Waals surface area (Å²) in [6.45, 7) is 11.4. The van der Waals surface area contributed by atoms with Gasteiger partial charge in [-0.05, 0) is 42.7 Å². The summed E-state index contributed by atoms with van der Waals surface area (Å²) in [6, 6.07) is 10.4. The second-order valence-corrected chi connectivity index (χ2v) is 10.7. The first-order valence-electron chi connectivity index (χ1n) is 12.0. The molecule has 1 fully saturated rings. The fraction of sp³-hybridized carbons (Fsp3) is 0.538. The maximum Gasteiger partial charge on any atom is 0.341 e. The molecule has 0 aliphatic carbocycles. The standard InChI is InChI=1S/C26H35N3O3S/c1-4-32-26(31)24-21-10-11-28(15-20-8-6-5-7-9-20)16-22(21)33-25(24)27-23(30)17-29-13-18(2)12-19(3)14-29/h5-9,18-19H,4,10-17H2,1-3H3,(H,27,30)/t18-,19+. The van der Waals surface area contributed by atoms with Crippen molar-refractivity contribution in [3.8, 4) is 0 Å². The number of esters is 1. The SMILES string of the molecule is CCOC(=O)c1c(NC(=O)CN2C[C@H](C)C[C@H](C)C2)sc2c1CCN(Cc1ccccc1)C2. The molecule has 2 atom stereocenters. The molecule has 0 bridgehead atoms. The lowest BCUT2D eigenvalue weighted by atomic mass is 9.92. The number of benzene rings is 1. The molecule has 4 rings (SSSR count). The first-order chi connectivity index (χ1) is 15.9. The van der Waals surface area contributed by atoms with Crippen molar-refractivity contribution in [3.63, 3.8) is 0 Å². The zero-order chi connectivity index (χ0) is 23.4. The van der Waals surface area contributed by atoms with Gasteiger partial charge in [0.1, 0.15) is 5.00 Å². The quantitative estimate of drug-likeness (QED) is 0.609. The minimum Gasteiger partial charge on any atom is -0.462 e. The molecule has 1 aromatic heterocycles. The molecule has 1 aromatic carbocycles. The third-order valence-electron chi connectivity index (χ3n) is 6.43. The van der Waals surface area contributed by atoms with E-state index < -0.39 is 0 Å². The van der Waals surface area contributed by atoms with Crippen molar-refractivity contribution in [3.05, 3.63) is 51.9 Å². The van der Waals surface area contributed by atoms with Crippen molar-refractivity contribution < 1.29 is 14.3 Å². The van der Waals surface area contributed by atoms with Crippen molar-refractivity contribution in [2.24, 2.45) is 11.8 Å². The Morgan fingerprint density at radius 1 is 1.12 bits per heavy atom. The summed E-state index contributed by atoms with van der Waals surface area (Å²) in [5.41, 5.74) is 2.88. The van der Waals surface area contributed by atoms with E-state index in [2.05, 4.69) is 53.2 Å². The number of nitrogens with one attached hydrogen (secondary N) is 1. The lowest BCUT2D eigenvalue weighted by Gasteiger charge is -2.34. The van der Waals surface area contributed by atoms with E-state index in [1.165, 1.54) is 23.3 Å². The van der Waals surface area contributed by atoms with E-state index in [1.54, 1.807) is 0 Å². The van der Waals surface area contributed by atoms with Crippen LogP contribution in [0.5, 0.6) is 0 Å². The van der Waals surface area contributed by atoms with Gasteiger partial charge in [0.05, 0.1) is 18.7 Å². The van der Waals surface area contributed by atoms with Crippen LogP contribution >= 0.6 is 11.3 Å². The molecule has 0 saturated carbocycles. The Balaban J connectivity index is 1.49. The van der Waals surface area contributed by atoms with E-state index in [-0.39, 0.29) is 11.9 Å². The average Bonchev–Trinajstić information content (AvgIpc) is 3.10. The van der Waals surface area contributed by atoms with Crippen molar-refractivity contribution in [2.75, 3.05) is 38.1 Å². The first kappa shape index (κ1) is 23.9. The summed E-state index contributed by atoms with van der Waals surface area (Å²) in [5, 5.41) is 3.71. The summed E-state index contributed by atoms with van der Waals surface area (Å²) in [4.78, 5) is 31.5. The highest BCUT2D eigenvalue weighted by atomic mass is 32.1. The van der Waals surface area contributed by atoms with Gasteiger partial charge in [-0.15, -0.1) is 11.3 Å². The number of hydrogen-bond acceptors (Lipinski definition) is 6. The Labute approximate surface area is 200 Å². The third kappa shape index (κ3) is 6.02. The molecule has 0 radical (unpaired) electrons. The number of carbonyl (C=O) groups excluding carboxylic acids is 2. The van der Waals surface area contributed by atoms with Crippen molar-refractivity contribution >= 4 is 28.2 Å². The summed E-state index contributed by atoms with van der Waals surface area (Å²) >= 11 is 1.53. The fourth-order valence-electron chi connectivity index (χ4n) is 5.23. The van der Waals surface area contributed by atoms with Gasteiger partial charge in [0.2, 0.25) is 5.91 Å². The lowest BCUT2D eigenvalue weighted by molar-refractivity contribution is -0.117. The number of amides is 1. The molecular weight excluding hydrogens is 434 g/mol. The zero-order valence-corrected chi connectivity index (χ0v) is 20.7. The Kier molecular flexibility index (Phi) is 7.83. The zero-order valence-electron chi connectivity index (χ0n) is 19.9. The highest BCUT2D eigenvalue weighted by molar-refractivity contribution is 7.17. The number of nitrogens with zero attached hydrogens (tertiary/aromatic N) is 2. The molecular formula is C26H35N3O3S. The molecule has 1 N–H and O–H groups in total. The molecule has 7 heteroatoms. The summed E-state index contributed by atoms with van der Waals surface area (Å²) in [6.07, 6.45) is 1.99. The minimum atomic E-state index is -0.331. The number of piperidine rings is 1. The molecule has 6 nitrogen and oxygen atoms in total. The van der Waals surface area contributed by atoms with Gasteiger partial charge in [0, 0.05) is 37.6 Å². The third-order valence-corrected chi connectivity index (χ3v) is 7.56. The van der Waals surface area contributed by atoms with Gasteiger partial charge >= 0.3 is 5.97 Å². The topological polar surface area (TPSA) is 61.9 Å². The molecule has 2 aromatic rings. The van der Waals surface area contributed by atoms with E-state index in [4.69, 9.17) is 4.74 Å². The van der Waals surface area contributed by atoms with Crippen molar-refractivity contribution in [1.29, 1.82) is 0 Å². The van der Waals surface area contributed by atoms with E-state index >= 15 is 0 Å². The average molecular weight is 470 g/mol. The van der Waals surface area contributed by atoms with Gasteiger partial charge in [-0.1, -0.05) is 44.2 Å². The number of likely N-dealkylation sites (tertiary alicyclic amines) is 1. The number of thiophene rings is 1. The molecule has 2 aliphatic rings. The van der Waals surface area contributed by atoms with Gasteiger partial charge in [-0.25, -0.2) is 4.79 Å². The molecule has 0 spiro atoms. The van der Waals surface area contributed by atoms with Crippen LogP contribution in [0.25, 0.3) is 0 Å². The molecule has 2 aliphatic heterocycles. The predicted octanol–water partition coefficient (Wildman–Crippen LogP) is 4.40. The smallest absolute Gasteiger partial charge is 0.341 e. The maximum atomic E-state index is 12.9. The van der Waals surface area contributed by atoms with Crippen LogP contribution in [0.4, 0.5) is 5.00 Å². The Morgan fingerprint density at radius 3 is 2.55 bits per heavy atom. The predicted molar refractivity (Wildman–Crippen MR) is 133 cm³/mol. The Hall–Kier alpha value is -2.22. The van der Waals surface area contributed by atoms with Gasteiger partial charge in [0.25, 0.3) is 0 Å². The highest BCUT2D eigenvalue weighted by Gasteiger charge is 2.30. The van der Waals surface area contributed by atoms with Crippen LogP contribution in [-0.2, 0) is 29.0 Å². The largest absolute Gasteiger partial charge is 0.462 e. The maximum absolute atomic E-state index is 12.9. The fourth-order valence-corrected chi connectivity index (χ4v) is 6.52. The monoisotopic (exact) mass is 469 g/mol. The van der Waals surface area contributed by atoms with E-state index in [0.29, 0.717) is 35.6 Å². The van der Waals surface area contributed by atoms with Crippen LogP contribution in [0, 0.1) is 11.8 Å². The Bertz CT molecular complexity index is 965. The van der Waals surface area contributed by atoms with Crippen molar-refractivity contribution in [1.82, 2.24) is 9.80 Å². The van der Waals surface area contributed by atoms with Crippen LogP contribution < -0.4 is 5.32 Å². The second-order valence-electron chi connectivity index (χ2n) is 9.56. The van der Waals surface area contributed by atoms with Crippen LogP contribution in [0.3, 0.4) is 0 Å². The number of ether oxygens (including phenoxy) is 1. The molecule has 1 saturated heterocycles. The van der Waals surface area contributed by atoms with Gasteiger partial charge in [0.15, 0.2) is 0 Å².